The minimum atomic E-state index is -0.544. The molecule has 3 N–H and O–H groups in total. The van der Waals surface area contributed by atoms with Crippen LogP contribution in [0.4, 0.5) is 0 Å². The fraction of sp³-hybridized carbons (Fsp3) is 0.500. The summed E-state index contributed by atoms with van der Waals surface area (Å²) in [6.45, 7) is 2.54. The smallest absolute Gasteiger partial charge is 0.329 e. The number of hydrogen-bond acceptors (Lipinski definition) is 5. The van der Waals surface area contributed by atoms with Gasteiger partial charge in [-0.05, 0) is 32.3 Å². The molecule has 3 rings (SSSR count). The highest BCUT2D eigenvalue weighted by atomic mass is 16.2. The van der Waals surface area contributed by atoms with Crippen molar-refractivity contribution in [2.24, 2.45) is 12.8 Å². The van der Waals surface area contributed by atoms with Crippen molar-refractivity contribution in [3.63, 3.8) is 0 Å². The van der Waals surface area contributed by atoms with E-state index in [1.54, 1.807) is 4.90 Å². The molecule has 1 saturated heterocycles. The van der Waals surface area contributed by atoms with E-state index in [1.165, 1.54) is 23.9 Å². The van der Waals surface area contributed by atoms with Gasteiger partial charge in [0.2, 0.25) is 0 Å². The number of fused-ring (bicyclic) bond motifs is 1. The van der Waals surface area contributed by atoms with Gasteiger partial charge >= 0.3 is 5.69 Å². The van der Waals surface area contributed by atoms with Crippen molar-refractivity contribution in [1.29, 1.82) is 0 Å². The molecule has 0 aromatic carbocycles. The number of likely N-dealkylation sites (tertiary alicyclic amines) is 1. The van der Waals surface area contributed by atoms with Gasteiger partial charge in [0, 0.05) is 31.9 Å². The van der Waals surface area contributed by atoms with Crippen molar-refractivity contribution in [1.82, 2.24) is 19.4 Å². The van der Waals surface area contributed by atoms with E-state index in [2.05, 4.69) is 9.97 Å². The maximum atomic E-state index is 12.9. The van der Waals surface area contributed by atoms with Gasteiger partial charge in [0.15, 0.2) is 0 Å². The van der Waals surface area contributed by atoms with Gasteiger partial charge in [-0.2, -0.15) is 0 Å². The minimum Gasteiger partial charge on any atom is -0.334 e. The lowest BCUT2D eigenvalue weighted by Gasteiger charge is -2.38. The number of nitrogens with one attached hydrogen (secondary N) is 1. The van der Waals surface area contributed by atoms with E-state index in [-0.39, 0.29) is 29.0 Å². The highest BCUT2D eigenvalue weighted by Crippen LogP contribution is 2.22. The maximum Gasteiger partial charge on any atom is 0.329 e. The maximum absolute atomic E-state index is 12.9. The molecule has 1 aliphatic heterocycles. The molecule has 2 aromatic rings. The van der Waals surface area contributed by atoms with Gasteiger partial charge in [0.25, 0.3) is 11.5 Å². The number of hydrogen-bond donors (Lipinski definition) is 2. The summed E-state index contributed by atoms with van der Waals surface area (Å²) < 4.78 is 1.25. The summed E-state index contributed by atoms with van der Waals surface area (Å²) in [6, 6.07) is 1.36. The first-order chi connectivity index (χ1) is 11.4. The number of aryl methyl sites for hydroxylation is 1. The van der Waals surface area contributed by atoms with Crippen LogP contribution in [0.3, 0.4) is 0 Å². The lowest BCUT2D eigenvalue weighted by atomic mass is 9.96. The van der Waals surface area contributed by atoms with E-state index >= 15 is 0 Å². The number of carbonyl (C=O) groups excluding carboxylic acids is 1. The van der Waals surface area contributed by atoms with Gasteiger partial charge in [0.05, 0.1) is 10.9 Å². The number of H-pyrrole nitrogens is 1. The van der Waals surface area contributed by atoms with E-state index in [1.807, 2.05) is 6.92 Å². The fourth-order valence-electron chi connectivity index (χ4n) is 3.28. The topological polar surface area (TPSA) is 114 Å². The third kappa shape index (κ3) is 2.73. The number of nitrogens with zero attached hydrogens (tertiary/aromatic N) is 3. The molecular formula is C16H21N5O3. The van der Waals surface area contributed by atoms with Crippen LogP contribution >= 0.6 is 0 Å². The number of nitrogens with two attached hydrogens (primary N) is 1. The highest BCUT2D eigenvalue weighted by Gasteiger charge is 2.30. The number of pyridine rings is 1. The quantitative estimate of drug-likeness (QED) is 0.802. The van der Waals surface area contributed by atoms with Gasteiger partial charge in [-0.1, -0.05) is 0 Å². The number of amides is 1. The average Bonchev–Trinajstić information content (AvgIpc) is 2.58. The molecule has 0 bridgehead atoms. The SMILES string of the molecule is C[C@H](N)[C@H]1CCCCN1C(=O)c1cnc2c(c1)c(=O)[nH]c(=O)n2C. The Balaban J connectivity index is 2.04. The molecular weight excluding hydrogens is 310 g/mol. The zero-order chi connectivity index (χ0) is 17.4. The second-order valence-electron chi connectivity index (χ2n) is 6.33. The van der Waals surface area contributed by atoms with Gasteiger partial charge in [-0.15, -0.1) is 0 Å². The number of piperidine rings is 1. The lowest BCUT2D eigenvalue weighted by Crippen LogP contribution is -2.51. The molecule has 0 aliphatic carbocycles. The molecule has 2 aromatic heterocycles. The Bertz CT molecular complexity index is 899. The predicted octanol–water partition coefficient (Wildman–Crippen LogP) is -0.0363. The van der Waals surface area contributed by atoms with Gasteiger partial charge in [-0.3, -0.25) is 19.1 Å². The van der Waals surface area contributed by atoms with E-state index in [0.29, 0.717) is 12.1 Å². The fourth-order valence-corrected chi connectivity index (χ4v) is 3.28. The van der Waals surface area contributed by atoms with Crippen LogP contribution in [0, 0.1) is 0 Å². The van der Waals surface area contributed by atoms with Crippen LogP contribution in [0.1, 0.15) is 36.5 Å². The molecule has 1 amide bonds. The van der Waals surface area contributed by atoms with E-state index in [4.69, 9.17) is 5.73 Å². The van der Waals surface area contributed by atoms with Crippen LogP contribution in [0.15, 0.2) is 21.9 Å². The molecule has 3 heterocycles. The molecule has 0 saturated carbocycles. The predicted molar refractivity (Wildman–Crippen MR) is 89.9 cm³/mol. The standard InChI is InChI=1S/C16H21N5O3/c1-9(17)12-5-3-4-6-21(12)15(23)10-7-11-13(18-8-10)20(2)16(24)19-14(11)22/h7-9,12H,3-6,17H2,1-2H3,(H,19,22,24)/t9-,12+/m0/s1. The minimum absolute atomic E-state index is 0.0136. The molecule has 8 heteroatoms. The Morgan fingerprint density at radius 3 is 2.88 bits per heavy atom. The van der Waals surface area contributed by atoms with Crippen molar-refractivity contribution in [2.75, 3.05) is 6.54 Å². The van der Waals surface area contributed by atoms with Crippen molar-refractivity contribution < 1.29 is 4.79 Å². The third-order valence-corrected chi connectivity index (χ3v) is 4.62. The molecule has 0 radical (unpaired) electrons. The first-order valence-electron chi connectivity index (χ1n) is 8.05. The molecule has 8 nitrogen and oxygen atoms in total. The molecule has 0 unspecified atom stereocenters. The van der Waals surface area contributed by atoms with Crippen LogP contribution in [-0.2, 0) is 7.05 Å². The van der Waals surface area contributed by atoms with Gasteiger partial charge in [-0.25, -0.2) is 9.78 Å². The Kier molecular flexibility index (Phi) is 4.23. The van der Waals surface area contributed by atoms with Gasteiger partial charge in [0.1, 0.15) is 5.65 Å². The first kappa shape index (κ1) is 16.4. The molecule has 24 heavy (non-hydrogen) atoms. The Hall–Kier alpha value is -2.48. The highest BCUT2D eigenvalue weighted by molar-refractivity contribution is 5.97. The number of aromatic nitrogens is 3. The Morgan fingerprint density at radius 2 is 2.17 bits per heavy atom. The molecule has 1 fully saturated rings. The molecule has 0 spiro atoms. The summed E-state index contributed by atoms with van der Waals surface area (Å²) in [4.78, 5) is 44.7. The van der Waals surface area contributed by atoms with Crippen LogP contribution < -0.4 is 17.0 Å². The Labute approximate surface area is 138 Å². The molecule has 1 aliphatic rings. The molecule has 128 valence electrons. The number of rotatable bonds is 2. The summed E-state index contributed by atoms with van der Waals surface area (Å²) in [5, 5.41) is 0.220. The van der Waals surface area contributed by atoms with Crippen molar-refractivity contribution >= 4 is 16.9 Å². The summed E-state index contributed by atoms with van der Waals surface area (Å²) in [6.07, 6.45) is 4.27. The summed E-state index contributed by atoms with van der Waals surface area (Å²) >= 11 is 0. The van der Waals surface area contributed by atoms with Gasteiger partial charge < -0.3 is 10.6 Å². The van der Waals surface area contributed by atoms with E-state index < -0.39 is 11.2 Å². The summed E-state index contributed by atoms with van der Waals surface area (Å²) in [5.41, 5.74) is 5.53. The second-order valence-corrected chi connectivity index (χ2v) is 6.33. The van der Waals surface area contributed by atoms with Crippen molar-refractivity contribution in [2.45, 2.75) is 38.3 Å². The van der Waals surface area contributed by atoms with Crippen LogP contribution in [0.25, 0.3) is 11.0 Å². The lowest BCUT2D eigenvalue weighted by molar-refractivity contribution is 0.0583. The normalized spacial score (nSPS) is 19.5. The van der Waals surface area contributed by atoms with Crippen molar-refractivity contribution in [3.8, 4) is 0 Å². The molecule has 2 atom stereocenters. The zero-order valence-electron chi connectivity index (χ0n) is 13.8. The third-order valence-electron chi connectivity index (χ3n) is 4.62. The van der Waals surface area contributed by atoms with Crippen molar-refractivity contribution in [3.05, 3.63) is 38.7 Å². The second kappa shape index (κ2) is 6.20. The van der Waals surface area contributed by atoms with Crippen LogP contribution in [0.5, 0.6) is 0 Å². The average molecular weight is 331 g/mol. The van der Waals surface area contributed by atoms with E-state index in [0.717, 1.165) is 19.3 Å². The largest absolute Gasteiger partial charge is 0.334 e. The number of aromatic amines is 1. The summed E-state index contributed by atoms with van der Waals surface area (Å²) in [5.74, 6) is -0.181. The number of carbonyl (C=O) groups is 1. The van der Waals surface area contributed by atoms with E-state index in [9.17, 15) is 14.4 Å². The Morgan fingerprint density at radius 1 is 1.42 bits per heavy atom. The summed E-state index contributed by atoms with van der Waals surface area (Å²) in [7, 11) is 1.52. The van der Waals surface area contributed by atoms with Crippen LogP contribution in [0.2, 0.25) is 0 Å². The monoisotopic (exact) mass is 331 g/mol. The first-order valence-corrected chi connectivity index (χ1v) is 8.05. The zero-order valence-corrected chi connectivity index (χ0v) is 13.8. The van der Waals surface area contributed by atoms with Crippen LogP contribution in [-0.4, -0.2) is 44.0 Å².